The lowest BCUT2D eigenvalue weighted by Crippen LogP contribution is -2.26. The zero-order chi connectivity index (χ0) is 8.06. The quantitative estimate of drug-likeness (QED) is 0.480. The minimum atomic E-state index is -3.97. The van der Waals surface area contributed by atoms with Crippen LogP contribution in [-0.2, 0) is 0 Å². The van der Waals surface area contributed by atoms with E-state index in [0.717, 1.165) is 6.42 Å². The van der Waals surface area contributed by atoms with Gasteiger partial charge in [0.05, 0.1) is 5.92 Å². The van der Waals surface area contributed by atoms with Gasteiger partial charge in [-0.15, -0.1) is 0 Å². The van der Waals surface area contributed by atoms with Gasteiger partial charge in [0, 0.05) is 0 Å². The van der Waals surface area contributed by atoms with Crippen molar-refractivity contribution in [2.24, 2.45) is 17.8 Å². The van der Waals surface area contributed by atoms with Gasteiger partial charge < -0.3 is 0 Å². The summed E-state index contributed by atoms with van der Waals surface area (Å²) >= 11 is 0. The van der Waals surface area contributed by atoms with Gasteiger partial charge in [-0.2, -0.15) is 13.2 Å². The number of hydrogen-bond acceptors (Lipinski definition) is 0. The Bertz CT molecular complexity index is 192. The van der Waals surface area contributed by atoms with E-state index in [1.165, 1.54) is 0 Å². The summed E-state index contributed by atoms with van der Waals surface area (Å²) in [6.45, 7) is 0. The van der Waals surface area contributed by atoms with Crippen molar-refractivity contribution in [3.63, 3.8) is 0 Å². The Labute approximate surface area is 63.1 Å². The van der Waals surface area contributed by atoms with Crippen molar-refractivity contribution in [3.8, 4) is 0 Å². The monoisotopic (exact) mass is 162 g/mol. The number of halogens is 3. The molecular formula is C8H9F3. The van der Waals surface area contributed by atoms with Gasteiger partial charge in [-0.25, -0.2) is 0 Å². The summed E-state index contributed by atoms with van der Waals surface area (Å²) in [5.74, 6) is -1.04. The first-order chi connectivity index (χ1) is 5.07. The Morgan fingerprint density at radius 2 is 1.82 bits per heavy atom. The molecule has 0 saturated heterocycles. The highest BCUT2D eigenvalue weighted by atomic mass is 19.4. The van der Waals surface area contributed by atoms with E-state index in [4.69, 9.17) is 0 Å². The van der Waals surface area contributed by atoms with E-state index in [0.29, 0.717) is 6.42 Å². The molecule has 0 aromatic carbocycles. The molecule has 2 aliphatic carbocycles. The normalized spacial score (nSPS) is 41.9. The number of rotatable bonds is 0. The molecule has 2 rings (SSSR count). The third-order valence-corrected chi connectivity index (χ3v) is 2.70. The highest BCUT2D eigenvalue weighted by Crippen LogP contribution is 2.50. The highest BCUT2D eigenvalue weighted by molar-refractivity contribution is 5.11. The molecule has 2 bridgehead atoms. The van der Waals surface area contributed by atoms with Crippen molar-refractivity contribution < 1.29 is 13.2 Å². The summed E-state index contributed by atoms with van der Waals surface area (Å²) in [5, 5.41) is 0. The van der Waals surface area contributed by atoms with E-state index in [2.05, 4.69) is 0 Å². The molecule has 62 valence electrons. The first kappa shape index (κ1) is 7.19. The van der Waals surface area contributed by atoms with Crippen LogP contribution in [0.5, 0.6) is 0 Å². The number of hydrogen-bond donors (Lipinski definition) is 0. The summed E-state index contributed by atoms with van der Waals surface area (Å²) < 4.78 is 36.6. The van der Waals surface area contributed by atoms with E-state index in [9.17, 15) is 13.2 Å². The van der Waals surface area contributed by atoms with Gasteiger partial charge in [-0.05, 0) is 24.7 Å². The van der Waals surface area contributed by atoms with Crippen LogP contribution in [0.4, 0.5) is 13.2 Å². The summed E-state index contributed by atoms with van der Waals surface area (Å²) in [4.78, 5) is 0. The van der Waals surface area contributed by atoms with Crippen LogP contribution >= 0.6 is 0 Å². The topological polar surface area (TPSA) is 0 Å². The second kappa shape index (κ2) is 2.02. The van der Waals surface area contributed by atoms with Crippen LogP contribution in [0.25, 0.3) is 0 Å². The molecule has 0 nitrogen and oxygen atoms in total. The Morgan fingerprint density at radius 3 is 2.09 bits per heavy atom. The Hall–Kier alpha value is -0.470. The van der Waals surface area contributed by atoms with Gasteiger partial charge in [0.25, 0.3) is 0 Å². The predicted octanol–water partition coefficient (Wildman–Crippen LogP) is 2.76. The maximum atomic E-state index is 12.2. The van der Waals surface area contributed by atoms with Crippen LogP contribution in [0.1, 0.15) is 12.8 Å². The molecule has 0 radical (unpaired) electrons. The van der Waals surface area contributed by atoms with Crippen molar-refractivity contribution >= 4 is 0 Å². The van der Waals surface area contributed by atoms with Crippen LogP contribution in [0.15, 0.2) is 12.2 Å². The Morgan fingerprint density at radius 1 is 1.09 bits per heavy atom. The SMILES string of the molecule is FC(F)(F)C1CC2C=CC1C2. The van der Waals surface area contributed by atoms with Crippen LogP contribution in [-0.4, -0.2) is 6.18 Å². The van der Waals surface area contributed by atoms with Gasteiger partial charge in [0.1, 0.15) is 0 Å². The fourth-order valence-electron chi connectivity index (χ4n) is 2.16. The first-order valence-electron chi connectivity index (χ1n) is 3.82. The smallest absolute Gasteiger partial charge is 0.171 e. The van der Waals surface area contributed by atoms with E-state index < -0.39 is 12.1 Å². The van der Waals surface area contributed by atoms with E-state index in [1.807, 2.05) is 6.08 Å². The zero-order valence-corrected chi connectivity index (χ0v) is 5.93. The van der Waals surface area contributed by atoms with Gasteiger partial charge in [-0.3, -0.25) is 0 Å². The molecule has 1 saturated carbocycles. The van der Waals surface area contributed by atoms with Crippen molar-refractivity contribution in [2.75, 3.05) is 0 Å². The molecular weight excluding hydrogens is 153 g/mol. The second-order valence-corrected chi connectivity index (χ2v) is 3.43. The molecule has 3 unspecified atom stereocenters. The van der Waals surface area contributed by atoms with E-state index in [1.54, 1.807) is 6.08 Å². The van der Waals surface area contributed by atoms with Crippen molar-refractivity contribution in [3.05, 3.63) is 12.2 Å². The van der Waals surface area contributed by atoms with E-state index >= 15 is 0 Å². The number of alkyl halides is 3. The molecule has 0 N–H and O–H groups in total. The third kappa shape index (κ3) is 1.06. The van der Waals surface area contributed by atoms with Crippen molar-refractivity contribution in [2.45, 2.75) is 19.0 Å². The summed E-state index contributed by atoms with van der Waals surface area (Å²) in [6, 6.07) is 0. The molecule has 3 atom stereocenters. The maximum absolute atomic E-state index is 12.2. The number of allylic oxidation sites excluding steroid dienone is 2. The van der Waals surface area contributed by atoms with Crippen LogP contribution in [0.2, 0.25) is 0 Å². The Balaban J connectivity index is 2.15. The Kier molecular flexibility index (Phi) is 1.32. The molecule has 1 fully saturated rings. The highest BCUT2D eigenvalue weighted by Gasteiger charge is 2.50. The standard InChI is InChI=1S/C8H9F3/c9-8(10,11)7-4-5-1-2-6(7)3-5/h1-2,5-7H,3-4H2. The lowest BCUT2D eigenvalue weighted by atomic mass is 9.93. The molecule has 0 spiro atoms. The van der Waals surface area contributed by atoms with Gasteiger partial charge in [0.15, 0.2) is 0 Å². The van der Waals surface area contributed by atoms with Crippen LogP contribution in [0, 0.1) is 17.8 Å². The van der Waals surface area contributed by atoms with Gasteiger partial charge in [-0.1, -0.05) is 12.2 Å². The summed E-state index contributed by atoms with van der Waals surface area (Å²) in [7, 11) is 0. The van der Waals surface area contributed by atoms with E-state index in [-0.39, 0.29) is 11.8 Å². The fraction of sp³-hybridized carbons (Fsp3) is 0.750. The molecule has 3 heteroatoms. The van der Waals surface area contributed by atoms with Crippen molar-refractivity contribution in [1.82, 2.24) is 0 Å². The van der Waals surface area contributed by atoms with Gasteiger partial charge >= 0.3 is 6.18 Å². The van der Waals surface area contributed by atoms with Gasteiger partial charge in [0.2, 0.25) is 0 Å². The first-order valence-corrected chi connectivity index (χ1v) is 3.82. The van der Waals surface area contributed by atoms with Crippen LogP contribution in [0.3, 0.4) is 0 Å². The minimum Gasteiger partial charge on any atom is -0.171 e. The van der Waals surface area contributed by atoms with Crippen molar-refractivity contribution in [1.29, 1.82) is 0 Å². The summed E-state index contributed by atoms with van der Waals surface area (Å²) in [6.07, 6.45) is 0.734. The fourth-order valence-corrected chi connectivity index (χ4v) is 2.16. The summed E-state index contributed by atoms with van der Waals surface area (Å²) in [5.41, 5.74) is 0. The second-order valence-electron chi connectivity index (χ2n) is 3.43. The average molecular weight is 162 g/mol. The largest absolute Gasteiger partial charge is 0.392 e. The average Bonchev–Trinajstić information content (AvgIpc) is 2.42. The molecule has 0 aromatic heterocycles. The molecule has 0 aliphatic heterocycles. The predicted molar refractivity (Wildman–Crippen MR) is 34.9 cm³/mol. The van der Waals surface area contributed by atoms with Crippen LogP contribution < -0.4 is 0 Å². The zero-order valence-electron chi connectivity index (χ0n) is 5.93. The third-order valence-electron chi connectivity index (χ3n) is 2.70. The number of fused-ring (bicyclic) bond motifs is 2. The maximum Gasteiger partial charge on any atom is 0.392 e. The molecule has 2 aliphatic rings. The lowest BCUT2D eigenvalue weighted by Gasteiger charge is -2.20. The molecule has 0 aromatic rings. The molecule has 0 heterocycles. The lowest BCUT2D eigenvalue weighted by molar-refractivity contribution is -0.180. The minimum absolute atomic E-state index is 0.208. The molecule has 11 heavy (non-hydrogen) atoms. The molecule has 0 amide bonds.